The molecule has 0 amide bonds. The minimum absolute atomic E-state index is 0.0241. The molecule has 10 heteroatoms. The van der Waals surface area contributed by atoms with Crippen LogP contribution in [-0.4, -0.2) is 19.5 Å². The molecule has 0 aliphatic carbocycles. The van der Waals surface area contributed by atoms with Crippen molar-refractivity contribution in [1.82, 2.24) is 14.6 Å². The van der Waals surface area contributed by atoms with E-state index in [0.29, 0.717) is 38.2 Å². The van der Waals surface area contributed by atoms with Crippen LogP contribution in [0.25, 0.3) is 22.4 Å². The molecule has 0 atom stereocenters. The van der Waals surface area contributed by atoms with Crippen LogP contribution in [0, 0.1) is 17.0 Å². The molecular formula is C23H16N4O5S. The molecule has 0 unspecified atom stereocenters. The van der Waals surface area contributed by atoms with Crippen molar-refractivity contribution in [3.63, 3.8) is 0 Å². The van der Waals surface area contributed by atoms with E-state index in [2.05, 4.69) is 10.1 Å². The Labute approximate surface area is 190 Å². The molecule has 0 fully saturated rings. The van der Waals surface area contributed by atoms with E-state index >= 15 is 0 Å². The van der Waals surface area contributed by atoms with Crippen molar-refractivity contribution in [3.8, 4) is 17.1 Å². The monoisotopic (exact) mass is 460 g/mol. The van der Waals surface area contributed by atoms with Crippen molar-refractivity contribution in [3.05, 3.63) is 103 Å². The van der Waals surface area contributed by atoms with Crippen LogP contribution in [0.3, 0.4) is 0 Å². The number of non-ortho nitro benzene ring substituents is 1. The lowest BCUT2D eigenvalue weighted by Gasteiger charge is -2.03. The average molecular weight is 460 g/mol. The largest absolute Gasteiger partial charge is 0.486 e. The van der Waals surface area contributed by atoms with Gasteiger partial charge in [-0.3, -0.25) is 14.9 Å². The summed E-state index contributed by atoms with van der Waals surface area (Å²) in [6.07, 6.45) is 1.60. The van der Waals surface area contributed by atoms with Gasteiger partial charge in [-0.2, -0.15) is 9.50 Å². The SMILES string of the molecule is Cc1ccc(OCc2nc3s/c(=C\c4ccc(-c5cccc([N+](=O)[O-])c5)o4)c(=O)n3n2)cc1. The third kappa shape index (κ3) is 4.23. The highest BCUT2D eigenvalue weighted by atomic mass is 32.1. The topological polar surface area (TPSA) is 113 Å². The molecule has 3 aromatic heterocycles. The molecule has 33 heavy (non-hydrogen) atoms. The summed E-state index contributed by atoms with van der Waals surface area (Å²) < 4.78 is 13.1. The molecule has 0 bridgehead atoms. The van der Waals surface area contributed by atoms with E-state index in [-0.39, 0.29) is 17.9 Å². The predicted octanol–water partition coefficient (Wildman–Crippen LogP) is 3.75. The van der Waals surface area contributed by atoms with E-state index in [1.165, 1.54) is 28.0 Å². The molecule has 0 aliphatic heterocycles. The van der Waals surface area contributed by atoms with Gasteiger partial charge in [0.1, 0.15) is 28.4 Å². The number of fused-ring (bicyclic) bond motifs is 1. The Bertz CT molecular complexity index is 1580. The number of aromatic nitrogens is 3. The number of benzene rings is 2. The first-order valence-electron chi connectivity index (χ1n) is 9.90. The molecule has 0 radical (unpaired) electrons. The van der Waals surface area contributed by atoms with Gasteiger partial charge < -0.3 is 9.15 Å². The summed E-state index contributed by atoms with van der Waals surface area (Å²) >= 11 is 1.19. The summed E-state index contributed by atoms with van der Waals surface area (Å²) in [6, 6.07) is 17.2. The number of ether oxygens (including phenoxy) is 1. The van der Waals surface area contributed by atoms with Crippen molar-refractivity contribution < 1.29 is 14.1 Å². The van der Waals surface area contributed by atoms with Gasteiger partial charge in [-0.1, -0.05) is 41.2 Å². The zero-order valence-electron chi connectivity index (χ0n) is 17.3. The number of rotatable bonds is 6. The second-order valence-corrected chi connectivity index (χ2v) is 8.26. The highest BCUT2D eigenvalue weighted by molar-refractivity contribution is 7.15. The summed E-state index contributed by atoms with van der Waals surface area (Å²) in [5.74, 6) is 2.03. The lowest BCUT2D eigenvalue weighted by atomic mass is 10.1. The molecule has 3 heterocycles. The van der Waals surface area contributed by atoms with Crippen LogP contribution >= 0.6 is 11.3 Å². The first-order chi connectivity index (χ1) is 16.0. The van der Waals surface area contributed by atoms with Gasteiger partial charge in [-0.05, 0) is 31.2 Å². The zero-order valence-corrected chi connectivity index (χ0v) is 18.1. The van der Waals surface area contributed by atoms with Crippen molar-refractivity contribution in [1.29, 1.82) is 0 Å². The molecule has 5 rings (SSSR count). The summed E-state index contributed by atoms with van der Waals surface area (Å²) in [6.45, 7) is 2.15. The van der Waals surface area contributed by atoms with E-state index in [4.69, 9.17) is 9.15 Å². The number of nitrogens with zero attached hydrogens (tertiary/aromatic N) is 4. The highest BCUT2D eigenvalue weighted by Crippen LogP contribution is 2.26. The second-order valence-electron chi connectivity index (χ2n) is 7.25. The number of hydrogen-bond acceptors (Lipinski definition) is 8. The van der Waals surface area contributed by atoms with E-state index in [1.807, 2.05) is 31.2 Å². The third-order valence-corrected chi connectivity index (χ3v) is 5.82. The van der Waals surface area contributed by atoms with E-state index < -0.39 is 4.92 Å². The summed E-state index contributed by atoms with van der Waals surface area (Å²) in [7, 11) is 0. The van der Waals surface area contributed by atoms with Gasteiger partial charge in [0.25, 0.3) is 11.2 Å². The minimum atomic E-state index is -0.461. The Balaban J connectivity index is 1.37. The highest BCUT2D eigenvalue weighted by Gasteiger charge is 2.13. The van der Waals surface area contributed by atoms with Crippen molar-refractivity contribution in [2.75, 3.05) is 0 Å². The quantitative estimate of drug-likeness (QED) is 0.280. The zero-order chi connectivity index (χ0) is 22.9. The number of nitro groups is 1. The summed E-state index contributed by atoms with van der Waals surface area (Å²) in [4.78, 5) is 28.1. The minimum Gasteiger partial charge on any atom is -0.486 e. The standard InChI is InChI=1S/C23H16N4O5S/c1-14-5-7-17(8-6-14)31-13-21-24-23-26(25-21)22(28)20(33-23)12-18-9-10-19(32-18)15-3-2-4-16(11-15)27(29)30/h2-12H,13H2,1H3/b20-12-. The van der Waals surface area contributed by atoms with Gasteiger partial charge in [-0.15, -0.1) is 5.10 Å². The van der Waals surface area contributed by atoms with Crippen LogP contribution in [-0.2, 0) is 6.61 Å². The Morgan fingerprint density at radius 3 is 2.76 bits per heavy atom. The fourth-order valence-electron chi connectivity index (χ4n) is 3.21. The van der Waals surface area contributed by atoms with Gasteiger partial charge in [0, 0.05) is 23.8 Å². The second kappa shape index (κ2) is 8.32. The fraction of sp³-hybridized carbons (Fsp3) is 0.0870. The lowest BCUT2D eigenvalue weighted by Crippen LogP contribution is -2.23. The van der Waals surface area contributed by atoms with Crippen molar-refractivity contribution >= 4 is 28.1 Å². The van der Waals surface area contributed by atoms with Crippen LogP contribution in [0.4, 0.5) is 5.69 Å². The first kappa shape index (κ1) is 20.6. The maximum atomic E-state index is 12.7. The summed E-state index contributed by atoms with van der Waals surface area (Å²) in [5, 5.41) is 15.2. The van der Waals surface area contributed by atoms with Gasteiger partial charge in [0.2, 0.25) is 4.96 Å². The van der Waals surface area contributed by atoms with Crippen LogP contribution < -0.4 is 14.8 Å². The summed E-state index contributed by atoms with van der Waals surface area (Å²) in [5.41, 5.74) is 1.38. The Kier molecular flexibility index (Phi) is 5.19. The fourth-order valence-corrected chi connectivity index (χ4v) is 4.11. The molecule has 2 aromatic carbocycles. The van der Waals surface area contributed by atoms with Crippen molar-refractivity contribution in [2.45, 2.75) is 13.5 Å². The van der Waals surface area contributed by atoms with Gasteiger partial charge in [0.15, 0.2) is 5.82 Å². The maximum Gasteiger partial charge on any atom is 0.291 e. The number of hydrogen-bond donors (Lipinski definition) is 0. The predicted molar refractivity (Wildman–Crippen MR) is 122 cm³/mol. The number of furan rings is 1. The smallest absolute Gasteiger partial charge is 0.291 e. The van der Waals surface area contributed by atoms with Crippen LogP contribution in [0.2, 0.25) is 0 Å². The van der Waals surface area contributed by atoms with E-state index in [0.717, 1.165) is 5.56 Å². The first-order valence-corrected chi connectivity index (χ1v) is 10.7. The third-order valence-electron chi connectivity index (χ3n) is 4.86. The van der Waals surface area contributed by atoms with Crippen LogP contribution in [0.15, 0.2) is 69.9 Å². The number of thiazole rings is 1. The number of nitro benzene ring substituents is 1. The molecule has 0 saturated heterocycles. The normalized spacial score (nSPS) is 11.8. The number of aryl methyl sites for hydroxylation is 1. The van der Waals surface area contributed by atoms with Crippen LogP contribution in [0.5, 0.6) is 5.75 Å². The molecule has 0 saturated carbocycles. The molecule has 9 nitrogen and oxygen atoms in total. The average Bonchev–Trinajstić information content (AvgIpc) is 3.51. The van der Waals surface area contributed by atoms with Gasteiger partial charge in [0.05, 0.1) is 4.92 Å². The Hall–Kier alpha value is -4.31. The lowest BCUT2D eigenvalue weighted by molar-refractivity contribution is -0.384. The maximum absolute atomic E-state index is 12.7. The van der Waals surface area contributed by atoms with Gasteiger partial charge in [-0.25, -0.2) is 0 Å². The Morgan fingerprint density at radius 2 is 2.00 bits per heavy atom. The van der Waals surface area contributed by atoms with E-state index in [1.54, 1.807) is 30.3 Å². The van der Waals surface area contributed by atoms with E-state index in [9.17, 15) is 14.9 Å². The molecular weight excluding hydrogens is 444 g/mol. The van der Waals surface area contributed by atoms with Crippen molar-refractivity contribution in [2.24, 2.45) is 0 Å². The molecule has 5 aromatic rings. The Morgan fingerprint density at radius 1 is 1.18 bits per heavy atom. The molecule has 164 valence electrons. The van der Waals surface area contributed by atoms with Crippen LogP contribution in [0.1, 0.15) is 17.1 Å². The molecule has 0 aliphatic rings. The molecule has 0 N–H and O–H groups in total. The molecule has 0 spiro atoms. The van der Waals surface area contributed by atoms with Gasteiger partial charge >= 0.3 is 0 Å².